The average molecular weight is 348 g/mol. The molecule has 1 fully saturated rings. The summed E-state index contributed by atoms with van der Waals surface area (Å²) in [6.07, 6.45) is 0. The monoisotopic (exact) mass is 348 g/mol. The molecule has 0 radical (unpaired) electrons. The molecule has 1 amide bonds. The molecule has 0 saturated carbocycles. The Morgan fingerprint density at radius 2 is 1.73 bits per heavy atom. The highest BCUT2D eigenvalue weighted by Gasteiger charge is 2.25. The molecule has 2 aromatic carbocycles. The summed E-state index contributed by atoms with van der Waals surface area (Å²) in [5.41, 5.74) is 2.64. The molecule has 0 bridgehead atoms. The molecule has 0 aromatic heterocycles. The summed E-state index contributed by atoms with van der Waals surface area (Å²) in [6, 6.07) is 19.3. The number of carbonyl (C=O) groups is 1. The molecular weight excluding hydrogens is 324 g/mol. The van der Waals surface area contributed by atoms with E-state index in [4.69, 9.17) is 5.26 Å². The number of nitriles is 1. The fourth-order valence-electron chi connectivity index (χ4n) is 3.19. The highest BCUT2D eigenvalue weighted by atomic mass is 16.2. The van der Waals surface area contributed by atoms with Gasteiger partial charge in [0.25, 0.3) is 0 Å². The van der Waals surface area contributed by atoms with Crippen LogP contribution in [-0.2, 0) is 11.3 Å². The lowest BCUT2D eigenvalue weighted by Gasteiger charge is -2.37. The SMILES string of the molecule is C[C@@H](C(=O)Nc1ccc(C#N)cc1)N1CCN(Cc2ccccc2)CC1. The zero-order chi connectivity index (χ0) is 18.4. The third-order valence-corrected chi connectivity index (χ3v) is 4.86. The third-order valence-electron chi connectivity index (χ3n) is 4.86. The Morgan fingerprint density at radius 3 is 2.35 bits per heavy atom. The summed E-state index contributed by atoms with van der Waals surface area (Å²) in [7, 11) is 0. The molecular formula is C21H24N4O. The fraction of sp³-hybridized carbons (Fsp3) is 0.333. The first-order valence-electron chi connectivity index (χ1n) is 8.97. The Kier molecular flexibility index (Phi) is 6.00. The van der Waals surface area contributed by atoms with Crippen LogP contribution in [0.5, 0.6) is 0 Å². The molecule has 3 rings (SSSR count). The van der Waals surface area contributed by atoms with E-state index in [1.165, 1.54) is 5.56 Å². The minimum absolute atomic E-state index is 0.00813. The van der Waals surface area contributed by atoms with Gasteiger partial charge in [0.05, 0.1) is 17.7 Å². The van der Waals surface area contributed by atoms with E-state index in [0.717, 1.165) is 38.4 Å². The lowest BCUT2D eigenvalue weighted by molar-refractivity contribution is -0.121. The van der Waals surface area contributed by atoms with Gasteiger partial charge in [0.1, 0.15) is 0 Å². The number of rotatable bonds is 5. The van der Waals surface area contributed by atoms with E-state index in [1.807, 2.05) is 13.0 Å². The molecule has 5 nitrogen and oxygen atoms in total. The molecule has 1 saturated heterocycles. The van der Waals surface area contributed by atoms with Crippen molar-refractivity contribution in [1.82, 2.24) is 9.80 Å². The molecule has 0 spiro atoms. The van der Waals surface area contributed by atoms with Crippen molar-refractivity contribution < 1.29 is 4.79 Å². The second kappa shape index (κ2) is 8.61. The van der Waals surface area contributed by atoms with E-state index < -0.39 is 0 Å². The van der Waals surface area contributed by atoms with Gasteiger partial charge in [-0.15, -0.1) is 0 Å². The van der Waals surface area contributed by atoms with E-state index in [-0.39, 0.29) is 11.9 Å². The number of nitrogens with zero attached hydrogens (tertiary/aromatic N) is 3. The Hall–Kier alpha value is -2.68. The van der Waals surface area contributed by atoms with Gasteiger partial charge in [-0.2, -0.15) is 5.26 Å². The van der Waals surface area contributed by atoms with Crippen LogP contribution in [0.3, 0.4) is 0 Å². The fourth-order valence-corrected chi connectivity index (χ4v) is 3.19. The summed E-state index contributed by atoms with van der Waals surface area (Å²) in [5, 5.41) is 11.8. The zero-order valence-electron chi connectivity index (χ0n) is 15.1. The number of carbonyl (C=O) groups excluding carboxylic acids is 1. The number of hydrogen-bond acceptors (Lipinski definition) is 4. The maximum atomic E-state index is 12.5. The van der Waals surface area contributed by atoms with Gasteiger partial charge in [0, 0.05) is 38.4 Å². The van der Waals surface area contributed by atoms with Crippen molar-refractivity contribution in [2.75, 3.05) is 31.5 Å². The van der Waals surface area contributed by atoms with Crippen molar-refractivity contribution in [3.05, 3.63) is 65.7 Å². The second-order valence-electron chi connectivity index (χ2n) is 6.65. The summed E-state index contributed by atoms with van der Waals surface area (Å²) >= 11 is 0. The van der Waals surface area contributed by atoms with Gasteiger partial charge < -0.3 is 5.32 Å². The van der Waals surface area contributed by atoms with Gasteiger partial charge in [-0.3, -0.25) is 14.6 Å². The molecule has 1 aliphatic rings. The Morgan fingerprint density at radius 1 is 1.08 bits per heavy atom. The molecule has 26 heavy (non-hydrogen) atoms. The lowest BCUT2D eigenvalue weighted by atomic mass is 10.1. The molecule has 2 aromatic rings. The van der Waals surface area contributed by atoms with Crippen LogP contribution in [0.15, 0.2) is 54.6 Å². The smallest absolute Gasteiger partial charge is 0.241 e. The van der Waals surface area contributed by atoms with Gasteiger partial charge in [0.15, 0.2) is 0 Å². The lowest BCUT2D eigenvalue weighted by Crippen LogP contribution is -2.52. The highest BCUT2D eigenvalue weighted by Crippen LogP contribution is 2.13. The van der Waals surface area contributed by atoms with Crippen molar-refractivity contribution in [3.8, 4) is 6.07 Å². The van der Waals surface area contributed by atoms with Gasteiger partial charge >= 0.3 is 0 Å². The Balaban J connectivity index is 1.48. The first-order valence-corrected chi connectivity index (χ1v) is 8.97. The van der Waals surface area contributed by atoms with E-state index in [2.05, 4.69) is 45.5 Å². The summed E-state index contributed by atoms with van der Waals surface area (Å²) in [6.45, 7) is 6.60. The van der Waals surface area contributed by atoms with Crippen LogP contribution in [0, 0.1) is 11.3 Å². The maximum absolute atomic E-state index is 12.5. The average Bonchev–Trinajstić information content (AvgIpc) is 2.69. The van der Waals surface area contributed by atoms with E-state index >= 15 is 0 Å². The first kappa shape index (κ1) is 18.1. The number of hydrogen-bond donors (Lipinski definition) is 1. The van der Waals surface area contributed by atoms with Crippen molar-refractivity contribution in [2.24, 2.45) is 0 Å². The van der Waals surface area contributed by atoms with Crippen LogP contribution in [0.25, 0.3) is 0 Å². The molecule has 0 aliphatic carbocycles. The predicted molar refractivity (Wildman–Crippen MR) is 103 cm³/mol. The highest BCUT2D eigenvalue weighted by molar-refractivity contribution is 5.94. The first-order chi connectivity index (χ1) is 12.7. The third kappa shape index (κ3) is 4.69. The Labute approximate surface area is 154 Å². The number of piperazine rings is 1. The van der Waals surface area contributed by atoms with Crippen LogP contribution in [0.1, 0.15) is 18.1 Å². The van der Waals surface area contributed by atoms with Crippen LogP contribution >= 0.6 is 0 Å². The van der Waals surface area contributed by atoms with Crippen molar-refractivity contribution in [2.45, 2.75) is 19.5 Å². The molecule has 134 valence electrons. The van der Waals surface area contributed by atoms with E-state index in [9.17, 15) is 4.79 Å². The van der Waals surface area contributed by atoms with Crippen molar-refractivity contribution in [3.63, 3.8) is 0 Å². The largest absolute Gasteiger partial charge is 0.325 e. The van der Waals surface area contributed by atoms with E-state index in [1.54, 1.807) is 24.3 Å². The molecule has 0 unspecified atom stereocenters. The molecule has 5 heteroatoms. The van der Waals surface area contributed by atoms with Crippen molar-refractivity contribution >= 4 is 11.6 Å². The number of amides is 1. The van der Waals surface area contributed by atoms with Crippen molar-refractivity contribution in [1.29, 1.82) is 5.26 Å². The maximum Gasteiger partial charge on any atom is 0.241 e. The Bertz CT molecular complexity index is 759. The van der Waals surface area contributed by atoms with Gasteiger partial charge in [-0.05, 0) is 36.8 Å². The zero-order valence-corrected chi connectivity index (χ0v) is 15.1. The minimum Gasteiger partial charge on any atom is -0.325 e. The van der Waals surface area contributed by atoms with Gasteiger partial charge in [0.2, 0.25) is 5.91 Å². The minimum atomic E-state index is -0.176. The summed E-state index contributed by atoms with van der Waals surface area (Å²) in [4.78, 5) is 17.2. The van der Waals surface area contributed by atoms with Crippen LogP contribution in [0.2, 0.25) is 0 Å². The predicted octanol–water partition coefficient (Wildman–Crippen LogP) is 2.70. The standard InChI is InChI=1S/C21H24N4O/c1-17(21(26)23-20-9-7-18(15-22)8-10-20)25-13-11-24(12-14-25)16-19-5-3-2-4-6-19/h2-10,17H,11-14,16H2,1H3,(H,23,26)/t17-/m0/s1. The number of anilines is 1. The van der Waals surface area contributed by atoms with Crippen LogP contribution in [0.4, 0.5) is 5.69 Å². The second-order valence-corrected chi connectivity index (χ2v) is 6.65. The molecule has 1 aliphatic heterocycles. The van der Waals surface area contributed by atoms with Gasteiger partial charge in [-0.25, -0.2) is 0 Å². The molecule has 1 atom stereocenters. The summed E-state index contributed by atoms with van der Waals surface area (Å²) < 4.78 is 0. The normalized spacial score (nSPS) is 16.6. The molecule has 1 N–H and O–H groups in total. The van der Waals surface area contributed by atoms with Crippen LogP contribution < -0.4 is 5.32 Å². The summed E-state index contributed by atoms with van der Waals surface area (Å²) in [5.74, 6) is -0.00813. The molecule has 1 heterocycles. The quantitative estimate of drug-likeness (QED) is 0.903. The topological polar surface area (TPSA) is 59.4 Å². The van der Waals surface area contributed by atoms with E-state index in [0.29, 0.717) is 5.56 Å². The number of benzene rings is 2. The van der Waals surface area contributed by atoms with Crippen LogP contribution in [-0.4, -0.2) is 47.9 Å². The van der Waals surface area contributed by atoms with Gasteiger partial charge in [-0.1, -0.05) is 30.3 Å². The number of nitrogens with one attached hydrogen (secondary N) is 1.